The zero-order valence-electron chi connectivity index (χ0n) is 20.6. The second-order valence-corrected chi connectivity index (χ2v) is 5.28. The first kappa shape index (κ1) is 31.4. The number of hydrogen-bond acceptors (Lipinski definition) is 0. The van der Waals surface area contributed by atoms with Gasteiger partial charge in [0.05, 0.1) is 0 Å². The van der Waals surface area contributed by atoms with E-state index in [9.17, 15) is 0 Å². The molecule has 0 heteroatoms. The third-order valence-corrected chi connectivity index (χ3v) is 3.13. The minimum Gasteiger partial charge on any atom is -0.0683 e. The molecule has 0 radical (unpaired) electrons. The van der Waals surface area contributed by atoms with Gasteiger partial charge in [-0.2, -0.15) is 0 Å². The molecule has 3 aromatic rings. The highest BCUT2D eigenvalue weighted by molar-refractivity contribution is 5.62. The van der Waals surface area contributed by atoms with E-state index in [0.29, 0.717) is 0 Å². The van der Waals surface area contributed by atoms with E-state index in [1.807, 2.05) is 59.7 Å². The minimum atomic E-state index is 1.14. The van der Waals surface area contributed by atoms with Crippen molar-refractivity contribution in [2.75, 3.05) is 0 Å². The summed E-state index contributed by atoms with van der Waals surface area (Å²) in [6, 6.07) is 31.2. The van der Waals surface area contributed by atoms with Crippen LogP contribution in [0.5, 0.6) is 0 Å². The first-order valence-electron chi connectivity index (χ1n) is 11.5. The molecular formula is C29H46. The summed E-state index contributed by atoms with van der Waals surface area (Å²) in [6.45, 7) is 18.4. The Balaban J connectivity index is -0.000000347. The summed E-state index contributed by atoms with van der Waals surface area (Å²) in [7, 11) is 0. The monoisotopic (exact) mass is 394 g/mol. The van der Waals surface area contributed by atoms with Crippen molar-refractivity contribution in [1.29, 1.82) is 0 Å². The van der Waals surface area contributed by atoms with Gasteiger partial charge in [-0.05, 0) is 23.1 Å². The van der Waals surface area contributed by atoms with Gasteiger partial charge in [0.15, 0.2) is 0 Å². The van der Waals surface area contributed by atoms with Crippen LogP contribution in [-0.2, 0) is 6.42 Å². The lowest BCUT2D eigenvalue weighted by atomic mass is 10.1. The van der Waals surface area contributed by atoms with E-state index in [1.54, 1.807) is 0 Å². The van der Waals surface area contributed by atoms with E-state index < -0.39 is 0 Å². The van der Waals surface area contributed by atoms with Gasteiger partial charge < -0.3 is 0 Å². The molecule has 0 aliphatic rings. The van der Waals surface area contributed by atoms with Crippen LogP contribution in [0.2, 0.25) is 0 Å². The van der Waals surface area contributed by atoms with Crippen LogP contribution in [0, 0.1) is 0 Å². The average Bonchev–Trinajstić information content (AvgIpc) is 2.85. The van der Waals surface area contributed by atoms with E-state index in [0.717, 1.165) is 6.42 Å². The van der Waals surface area contributed by atoms with Crippen LogP contribution in [0.15, 0.2) is 91.0 Å². The van der Waals surface area contributed by atoms with Gasteiger partial charge in [0.1, 0.15) is 0 Å². The molecule has 3 rings (SSSR count). The topological polar surface area (TPSA) is 0 Å². The number of aryl methyl sites for hydroxylation is 1. The van der Waals surface area contributed by atoms with Crippen molar-refractivity contribution in [2.45, 2.75) is 75.2 Å². The third kappa shape index (κ3) is 18.8. The lowest BCUT2D eigenvalue weighted by molar-refractivity contribution is 1.09. The Labute approximate surface area is 183 Å². The predicted octanol–water partition coefficient (Wildman–Crippen LogP) is 10.1. The summed E-state index contributed by atoms with van der Waals surface area (Å²) in [5.74, 6) is 0. The molecule has 0 fully saturated rings. The predicted molar refractivity (Wildman–Crippen MR) is 138 cm³/mol. The number of hydrogen-bond donors (Lipinski definition) is 0. The third-order valence-electron chi connectivity index (χ3n) is 3.13. The number of benzene rings is 3. The van der Waals surface area contributed by atoms with E-state index in [2.05, 4.69) is 93.6 Å². The molecule has 162 valence electrons. The Morgan fingerprint density at radius 1 is 0.414 bits per heavy atom. The molecular weight excluding hydrogens is 348 g/mol. The molecule has 0 atom stereocenters. The molecule has 0 amide bonds. The fourth-order valence-electron chi connectivity index (χ4n) is 1.97. The van der Waals surface area contributed by atoms with Crippen molar-refractivity contribution in [3.63, 3.8) is 0 Å². The maximum Gasteiger partial charge on any atom is -0.0184 e. The molecule has 0 aliphatic carbocycles. The Hall–Kier alpha value is -2.34. The maximum atomic E-state index is 2.16. The summed E-state index contributed by atoms with van der Waals surface area (Å²) in [6.07, 6.45) is 2.39. The summed E-state index contributed by atoms with van der Waals surface area (Å²) in [4.78, 5) is 0. The molecule has 0 nitrogen and oxygen atoms in total. The van der Waals surface area contributed by atoms with Crippen LogP contribution in [-0.4, -0.2) is 0 Å². The van der Waals surface area contributed by atoms with E-state index in [-0.39, 0.29) is 0 Å². The molecule has 0 saturated heterocycles. The van der Waals surface area contributed by atoms with Crippen molar-refractivity contribution in [2.24, 2.45) is 0 Å². The largest absolute Gasteiger partial charge is 0.0683 e. The van der Waals surface area contributed by atoms with Gasteiger partial charge in [-0.3, -0.25) is 0 Å². The molecule has 0 aliphatic heterocycles. The minimum absolute atomic E-state index is 1.14. The van der Waals surface area contributed by atoms with Gasteiger partial charge in [-0.1, -0.05) is 160 Å². The van der Waals surface area contributed by atoms with Crippen LogP contribution in [0.3, 0.4) is 0 Å². The van der Waals surface area contributed by atoms with Gasteiger partial charge >= 0.3 is 0 Å². The number of rotatable bonds is 2. The smallest absolute Gasteiger partial charge is 0.0184 e. The van der Waals surface area contributed by atoms with Crippen LogP contribution < -0.4 is 0 Å². The Morgan fingerprint density at radius 2 is 0.655 bits per heavy atom. The van der Waals surface area contributed by atoms with E-state index in [4.69, 9.17) is 0 Å². The van der Waals surface area contributed by atoms with Crippen molar-refractivity contribution in [1.82, 2.24) is 0 Å². The summed E-state index contributed by atoms with van der Waals surface area (Å²) in [5.41, 5.74) is 3.96. The second-order valence-electron chi connectivity index (χ2n) is 5.28. The molecule has 0 bridgehead atoms. The zero-order valence-corrected chi connectivity index (χ0v) is 20.6. The Kier molecular flexibility index (Phi) is 30.1. The second kappa shape index (κ2) is 27.9. The van der Waals surface area contributed by atoms with Crippen molar-refractivity contribution >= 4 is 0 Å². The lowest BCUT2D eigenvalue weighted by Crippen LogP contribution is -1.73. The molecule has 0 heterocycles. The maximum absolute atomic E-state index is 2.16. The summed E-state index contributed by atoms with van der Waals surface area (Å²) in [5, 5.41) is 0. The lowest BCUT2D eigenvalue weighted by Gasteiger charge is -1.98. The molecule has 0 unspecified atom stereocenters. The SMILES string of the molecule is CC.CC.CC.CCC.CCc1ccccc1.c1ccc(-c2ccccc2)cc1. The normalized spacial score (nSPS) is 7.76. The molecule has 29 heavy (non-hydrogen) atoms. The molecule has 0 N–H and O–H groups in total. The zero-order chi connectivity index (χ0) is 22.8. The molecule has 0 spiro atoms. The first-order chi connectivity index (χ1) is 14.3. The highest BCUT2D eigenvalue weighted by Crippen LogP contribution is 2.17. The van der Waals surface area contributed by atoms with E-state index in [1.165, 1.54) is 23.1 Å². The Bertz CT molecular complexity index is 560. The van der Waals surface area contributed by atoms with E-state index >= 15 is 0 Å². The van der Waals surface area contributed by atoms with Crippen molar-refractivity contribution in [3.8, 4) is 11.1 Å². The standard InChI is InChI=1S/C12H10.C8H10.C3H8.3C2H6/c1-3-7-11(8-4-1)12-9-5-2-6-10-12;1-2-8-6-4-3-5-7-8;1-3-2;3*1-2/h1-10H;3-7H,2H2,1H3;3H2,1-2H3;3*1-2H3. The first-order valence-corrected chi connectivity index (χ1v) is 11.5. The van der Waals surface area contributed by atoms with Gasteiger partial charge in [0, 0.05) is 0 Å². The van der Waals surface area contributed by atoms with Crippen molar-refractivity contribution < 1.29 is 0 Å². The van der Waals surface area contributed by atoms with Crippen LogP contribution in [0.4, 0.5) is 0 Å². The van der Waals surface area contributed by atoms with Gasteiger partial charge in [-0.25, -0.2) is 0 Å². The van der Waals surface area contributed by atoms with Crippen molar-refractivity contribution in [3.05, 3.63) is 96.6 Å². The quantitative estimate of drug-likeness (QED) is 0.405. The fraction of sp³-hybridized carbons (Fsp3) is 0.379. The average molecular weight is 395 g/mol. The van der Waals surface area contributed by atoms with Gasteiger partial charge in [0.25, 0.3) is 0 Å². The van der Waals surface area contributed by atoms with Crippen LogP contribution in [0.25, 0.3) is 11.1 Å². The van der Waals surface area contributed by atoms with Gasteiger partial charge in [-0.15, -0.1) is 0 Å². The van der Waals surface area contributed by atoms with Crippen LogP contribution in [0.1, 0.15) is 74.3 Å². The highest BCUT2D eigenvalue weighted by atomic mass is 14.0. The summed E-state index contributed by atoms with van der Waals surface area (Å²) >= 11 is 0. The highest BCUT2D eigenvalue weighted by Gasteiger charge is 1.91. The molecule has 0 saturated carbocycles. The molecule has 0 aromatic heterocycles. The Morgan fingerprint density at radius 3 is 0.862 bits per heavy atom. The summed E-state index contributed by atoms with van der Waals surface area (Å²) < 4.78 is 0. The fourth-order valence-corrected chi connectivity index (χ4v) is 1.97. The molecule has 3 aromatic carbocycles. The van der Waals surface area contributed by atoms with Crippen LogP contribution >= 0.6 is 0 Å². The van der Waals surface area contributed by atoms with Gasteiger partial charge in [0.2, 0.25) is 0 Å².